The van der Waals surface area contributed by atoms with E-state index in [0.717, 1.165) is 22.0 Å². The van der Waals surface area contributed by atoms with Crippen LogP contribution in [0.4, 0.5) is 11.4 Å². The molecule has 0 bridgehead atoms. The van der Waals surface area contributed by atoms with Crippen molar-refractivity contribution < 1.29 is 22.5 Å². The second kappa shape index (κ2) is 9.38. The molecular formula is C26H21NO6S. The molecule has 7 nitrogen and oxygen atoms in total. The van der Waals surface area contributed by atoms with Crippen LogP contribution in [0.1, 0.15) is 5.56 Å². The molecule has 3 N–H and O–H groups in total. The van der Waals surface area contributed by atoms with Gasteiger partial charge in [-0.1, -0.05) is 42.5 Å². The number of fused-ring (bicyclic) bond motifs is 2. The fraction of sp³-hybridized carbons (Fsp3) is 0.0385. The Balaban J connectivity index is 0.000000180. The molecule has 0 aliphatic heterocycles. The summed E-state index contributed by atoms with van der Waals surface area (Å²) in [5.41, 5.74) is 2.36. The van der Waals surface area contributed by atoms with E-state index in [2.05, 4.69) is 5.32 Å². The van der Waals surface area contributed by atoms with E-state index in [1.54, 1.807) is 36.4 Å². The van der Waals surface area contributed by atoms with Crippen LogP contribution in [0.15, 0.2) is 105 Å². The number of anilines is 2. The summed E-state index contributed by atoms with van der Waals surface area (Å²) in [5, 5.41) is 14.4. The molecule has 0 radical (unpaired) electrons. The van der Waals surface area contributed by atoms with Crippen molar-refractivity contribution >= 4 is 43.2 Å². The van der Waals surface area contributed by atoms with Crippen LogP contribution in [0, 0.1) is 6.92 Å². The van der Waals surface area contributed by atoms with Gasteiger partial charge in [-0.15, -0.1) is 0 Å². The van der Waals surface area contributed by atoms with E-state index in [1.807, 2.05) is 43.3 Å². The summed E-state index contributed by atoms with van der Waals surface area (Å²) in [6.07, 6.45) is 0. The maximum absolute atomic E-state index is 11.6. The van der Waals surface area contributed by atoms with E-state index >= 15 is 0 Å². The van der Waals surface area contributed by atoms with Crippen LogP contribution in [-0.4, -0.2) is 18.1 Å². The predicted molar refractivity (Wildman–Crippen MR) is 132 cm³/mol. The van der Waals surface area contributed by atoms with Gasteiger partial charge in [0.1, 0.15) is 16.2 Å². The van der Waals surface area contributed by atoms with Crippen LogP contribution in [0.5, 0.6) is 5.75 Å². The molecule has 0 spiro atoms. The lowest BCUT2D eigenvalue weighted by Crippen LogP contribution is -2.01. The summed E-state index contributed by atoms with van der Waals surface area (Å²) in [5.74, 6) is 0.0984. The summed E-state index contributed by atoms with van der Waals surface area (Å²) in [6.45, 7) is 1.83. The topological polar surface area (TPSA) is 117 Å². The SMILES string of the molecule is Cc1cc(=O)oc2cc(O)ccc12.O=S(=O)(O)c1cccc2cccc(Nc3ccccc3)c12. The molecule has 5 aromatic rings. The highest BCUT2D eigenvalue weighted by molar-refractivity contribution is 7.86. The van der Waals surface area contributed by atoms with Gasteiger partial charge in [0.25, 0.3) is 10.1 Å². The van der Waals surface area contributed by atoms with Gasteiger partial charge < -0.3 is 14.8 Å². The minimum atomic E-state index is -4.28. The fourth-order valence-electron chi connectivity index (χ4n) is 3.62. The van der Waals surface area contributed by atoms with Crippen molar-refractivity contribution in [1.29, 1.82) is 0 Å². The first-order chi connectivity index (χ1) is 16.2. The second-order valence-corrected chi connectivity index (χ2v) is 8.94. The molecule has 0 aliphatic carbocycles. The van der Waals surface area contributed by atoms with Crippen molar-refractivity contribution in [2.24, 2.45) is 0 Å². The standard InChI is InChI=1S/C16H13NO3S.C10H8O3/c18-21(19,20)15-11-5-7-12-6-4-10-14(16(12)15)17-13-8-2-1-3-9-13;1-6-4-10(12)13-9-5-7(11)2-3-8(6)9/h1-11,17H,(H,18,19,20);2-5,11H,1H3. The smallest absolute Gasteiger partial charge is 0.336 e. The summed E-state index contributed by atoms with van der Waals surface area (Å²) in [4.78, 5) is 10.9. The zero-order chi connectivity index (χ0) is 24.3. The summed E-state index contributed by atoms with van der Waals surface area (Å²) >= 11 is 0. The molecule has 0 saturated carbocycles. The van der Waals surface area contributed by atoms with Crippen LogP contribution in [-0.2, 0) is 10.1 Å². The third kappa shape index (κ3) is 5.09. The normalized spacial score (nSPS) is 11.1. The third-order valence-corrected chi connectivity index (χ3v) is 6.03. The largest absolute Gasteiger partial charge is 0.508 e. The number of hydrogen-bond acceptors (Lipinski definition) is 6. The Labute approximate surface area is 195 Å². The molecular weight excluding hydrogens is 454 g/mol. The minimum Gasteiger partial charge on any atom is -0.508 e. The number of benzene rings is 4. The van der Waals surface area contributed by atoms with Gasteiger partial charge in [-0.3, -0.25) is 4.55 Å². The quantitative estimate of drug-likeness (QED) is 0.228. The van der Waals surface area contributed by atoms with Crippen LogP contribution in [0.2, 0.25) is 0 Å². The average molecular weight is 476 g/mol. The monoisotopic (exact) mass is 475 g/mol. The highest BCUT2D eigenvalue weighted by Crippen LogP contribution is 2.31. The summed E-state index contributed by atoms with van der Waals surface area (Å²) in [7, 11) is -4.28. The number of phenols is 1. The molecule has 0 amide bonds. The lowest BCUT2D eigenvalue weighted by molar-refractivity contribution is 0.473. The molecule has 1 heterocycles. The Kier molecular flexibility index (Phi) is 6.36. The molecule has 0 atom stereocenters. The zero-order valence-electron chi connectivity index (χ0n) is 18.1. The maximum atomic E-state index is 11.6. The Morgan fingerprint density at radius 1 is 0.853 bits per heavy atom. The zero-order valence-corrected chi connectivity index (χ0v) is 18.9. The van der Waals surface area contributed by atoms with Crippen molar-refractivity contribution in [1.82, 2.24) is 0 Å². The number of hydrogen-bond donors (Lipinski definition) is 3. The number of aromatic hydroxyl groups is 1. The van der Waals surface area contributed by atoms with Crippen LogP contribution < -0.4 is 10.9 Å². The van der Waals surface area contributed by atoms with Gasteiger partial charge in [0.05, 0.1) is 0 Å². The maximum Gasteiger partial charge on any atom is 0.336 e. The second-order valence-electron chi connectivity index (χ2n) is 7.55. The summed E-state index contributed by atoms with van der Waals surface area (Å²) < 4.78 is 37.5. The first-order valence-corrected chi connectivity index (χ1v) is 11.7. The minimum absolute atomic E-state index is 0.0981. The van der Waals surface area contributed by atoms with Crippen LogP contribution in [0.25, 0.3) is 21.7 Å². The highest BCUT2D eigenvalue weighted by atomic mass is 32.2. The van der Waals surface area contributed by atoms with E-state index in [0.29, 0.717) is 16.7 Å². The van der Waals surface area contributed by atoms with Crippen molar-refractivity contribution in [2.75, 3.05) is 5.32 Å². The predicted octanol–water partition coefficient (Wildman–Crippen LogP) is 5.64. The highest BCUT2D eigenvalue weighted by Gasteiger charge is 2.16. The van der Waals surface area contributed by atoms with Gasteiger partial charge in [-0.05, 0) is 54.3 Å². The van der Waals surface area contributed by atoms with Crippen LogP contribution in [0.3, 0.4) is 0 Å². The van der Waals surface area contributed by atoms with Gasteiger partial charge in [-0.25, -0.2) is 4.79 Å². The van der Waals surface area contributed by atoms with Crippen molar-refractivity contribution in [3.8, 4) is 5.75 Å². The summed E-state index contributed by atoms with van der Waals surface area (Å²) in [6, 6.07) is 25.8. The molecule has 0 aliphatic rings. The fourth-order valence-corrected chi connectivity index (χ4v) is 4.35. The Morgan fingerprint density at radius 2 is 1.56 bits per heavy atom. The van der Waals surface area contributed by atoms with Gasteiger partial charge >= 0.3 is 5.63 Å². The van der Waals surface area contributed by atoms with Gasteiger partial charge in [0, 0.05) is 34.3 Å². The molecule has 5 rings (SSSR count). The van der Waals surface area contributed by atoms with Crippen molar-refractivity contribution in [3.05, 3.63) is 107 Å². The van der Waals surface area contributed by atoms with Gasteiger partial charge in [-0.2, -0.15) is 8.42 Å². The van der Waals surface area contributed by atoms with E-state index in [9.17, 15) is 17.8 Å². The number of para-hydroxylation sites is 1. The molecule has 8 heteroatoms. The Morgan fingerprint density at radius 3 is 2.26 bits per heavy atom. The lowest BCUT2D eigenvalue weighted by Gasteiger charge is -2.12. The first-order valence-electron chi connectivity index (χ1n) is 10.3. The van der Waals surface area contributed by atoms with Gasteiger partial charge in [0.2, 0.25) is 0 Å². The van der Waals surface area contributed by atoms with E-state index in [4.69, 9.17) is 9.52 Å². The van der Waals surface area contributed by atoms with Crippen molar-refractivity contribution in [3.63, 3.8) is 0 Å². The average Bonchev–Trinajstić information content (AvgIpc) is 2.79. The molecule has 0 unspecified atom stereocenters. The Hall–Kier alpha value is -4.14. The third-order valence-electron chi connectivity index (χ3n) is 5.13. The Bertz CT molecular complexity index is 1640. The van der Waals surface area contributed by atoms with Crippen LogP contribution >= 0.6 is 0 Å². The van der Waals surface area contributed by atoms with Gasteiger partial charge in [0.15, 0.2) is 0 Å². The van der Waals surface area contributed by atoms with E-state index < -0.39 is 15.7 Å². The molecule has 34 heavy (non-hydrogen) atoms. The molecule has 0 fully saturated rings. The number of phenolic OH excluding ortho intramolecular Hbond substituents is 1. The molecule has 4 aromatic carbocycles. The number of rotatable bonds is 3. The van der Waals surface area contributed by atoms with E-state index in [1.165, 1.54) is 18.2 Å². The molecule has 1 aromatic heterocycles. The number of nitrogens with one attached hydrogen (secondary N) is 1. The number of aryl methyl sites for hydroxylation is 1. The lowest BCUT2D eigenvalue weighted by atomic mass is 10.1. The molecule has 172 valence electrons. The van der Waals surface area contributed by atoms with E-state index in [-0.39, 0.29) is 10.6 Å². The van der Waals surface area contributed by atoms with Crippen molar-refractivity contribution in [2.45, 2.75) is 11.8 Å². The first kappa shape index (κ1) is 23.0. The molecule has 0 saturated heterocycles.